The number of anilines is 1. The van der Waals surface area contributed by atoms with E-state index in [4.69, 9.17) is 5.73 Å². The van der Waals surface area contributed by atoms with Gasteiger partial charge in [-0.25, -0.2) is 4.98 Å². The number of rotatable bonds is 5. The third-order valence-corrected chi connectivity index (χ3v) is 5.22. The molecule has 0 fully saturated rings. The highest BCUT2D eigenvalue weighted by Crippen LogP contribution is 2.37. The summed E-state index contributed by atoms with van der Waals surface area (Å²) in [6, 6.07) is 13.6. The minimum Gasteiger partial charge on any atom is -0.508 e. The smallest absolute Gasteiger partial charge is 0.131 e. The van der Waals surface area contributed by atoms with Crippen molar-refractivity contribution in [1.29, 1.82) is 0 Å². The molecule has 0 atom stereocenters. The summed E-state index contributed by atoms with van der Waals surface area (Å²) in [6.07, 6.45) is 4.56. The van der Waals surface area contributed by atoms with Crippen LogP contribution in [0.25, 0.3) is 33.2 Å². The monoisotopic (exact) mass is 386 g/mol. The predicted molar refractivity (Wildman–Crippen MR) is 119 cm³/mol. The van der Waals surface area contributed by atoms with Gasteiger partial charge < -0.3 is 10.8 Å². The van der Waals surface area contributed by atoms with E-state index in [1.807, 2.05) is 24.5 Å². The normalized spacial score (nSPS) is 11.4. The number of phenols is 1. The number of phenolic OH excluding ortho intramolecular Hbond substituents is 1. The number of nitrogen functional groups attached to an aromatic ring is 1. The Morgan fingerprint density at radius 3 is 2.45 bits per heavy atom. The van der Waals surface area contributed by atoms with Crippen molar-refractivity contribution in [2.75, 3.05) is 5.73 Å². The first kappa shape index (κ1) is 19.0. The summed E-state index contributed by atoms with van der Waals surface area (Å²) in [5.41, 5.74) is 12.7. The van der Waals surface area contributed by atoms with E-state index in [0.29, 0.717) is 11.7 Å². The lowest BCUT2D eigenvalue weighted by Gasteiger charge is -2.16. The van der Waals surface area contributed by atoms with Crippen molar-refractivity contribution >= 4 is 16.7 Å². The van der Waals surface area contributed by atoms with Crippen molar-refractivity contribution in [3.63, 3.8) is 0 Å². The van der Waals surface area contributed by atoms with Crippen LogP contribution in [-0.2, 0) is 13.0 Å². The highest BCUT2D eigenvalue weighted by molar-refractivity contribution is 5.90. The minimum absolute atomic E-state index is 0.249. The summed E-state index contributed by atoms with van der Waals surface area (Å²) in [7, 11) is 0. The summed E-state index contributed by atoms with van der Waals surface area (Å²) in [6.45, 7) is 7.40. The quantitative estimate of drug-likeness (QED) is 0.490. The second-order valence-corrected chi connectivity index (χ2v) is 7.81. The second-order valence-electron chi connectivity index (χ2n) is 7.81. The Bertz CT molecular complexity index is 1160. The van der Waals surface area contributed by atoms with Crippen LogP contribution in [-0.4, -0.2) is 19.9 Å². The van der Waals surface area contributed by atoms with Gasteiger partial charge in [-0.2, -0.15) is 5.10 Å². The maximum Gasteiger partial charge on any atom is 0.131 e. The van der Waals surface area contributed by atoms with Crippen molar-refractivity contribution in [2.24, 2.45) is 5.92 Å². The molecule has 4 aromatic rings. The molecule has 4 rings (SSSR count). The predicted octanol–water partition coefficient (Wildman–Crippen LogP) is 5.27. The molecule has 3 N–H and O–H groups in total. The van der Waals surface area contributed by atoms with Gasteiger partial charge in [0, 0.05) is 29.3 Å². The molecule has 2 aromatic heterocycles. The molecule has 5 nitrogen and oxygen atoms in total. The van der Waals surface area contributed by atoms with Crippen molar-refractivity contribution < 1.29 is 5.11 Å². The van der Waals surface area contributed by atoms with E-state index in [9.17, 15) is 5.11 Å². The molecule has 0 aliphatic rings. The van der Waals surface area contributed by atoms with Gasteiger partial charge in [-0.3, -0.25) is 4.68 Å². The molecule has 0 spiro atoms. The molecule has 2 heterocycles. The van der Waals surface area contributed by atoms with Gasteiger partial charge >= 0.3 is 0 Å². The lowest BCUT2D eigenvalue weighted by atomic mass is 9.91. The average Bonchev–Trinajstić information content (AvgIpc) is 3.09. The molecule has 0 bridgehead atoms. The maximum absolute atomic E-state index is 9.62. The maximum atomic E-state index is 9.62. The van der Waals surface area contributed by atoms with Crippen LogP contribution in [0.15, 0.2) is 54.9 Å². The topological polar surface area (TPSA) is 77.0 Å². The van der Waals surface area contributed by atoms with Crippen molar-refractivity contribution in [3.8, 4) is 28.0 Å². The Hall–Kier alpha value is -3.34. The van der Waals surface area contributed by atoms with Crippen molar-refractivity contribution in [3.05, 3.63) is 60.4 Å². The van der Waals surface area contributed by atoms with Crippen LogP contribution in [0.5, 0.6) is 5.75 Å². The molecule has 0 aliphatic carbocycles. The van der Waals surface area contributed by atoms with Crippen LogP contribution < -0.4 is 5.73 Å². The summed E-state index contributed by atoms with van der Waals surface area (Å²) < 4.78 is 2.05. The molecule has 0 aliphatic heterocycles. The Morgan fingerprint density at radius 1 is 1.03 bits per heavy atom. The highest BCUT2D eigenvalue weighted by Gasteiger charge is 2.16. The third-order valence-electron chi connectivity index (χ3n) is 5.22. The lowest BCUT2D eigenvalue weighted by Crippen LogP contribution is -2.05. The fraction of sp³-hybridized carbons (Fsp3) is 0.250. The van der Waals surface area contributed by atoms with E-state index in [2.05, 4.69) is 53.7 Å². The number of fused-ring (bicyclic) bond motifs is 1. The van der Waals surface area contributed by atoms with Crippen LogP contribution in [0.4, 0.5) is 5.82 Å². The summed E-state index contributed by atoms with van der Waals surface area (Å²) >= 11 is 0. The van der Waals surface area contributed by atoms with Gasteiger partial charge in [0.05, 0.1) is 11.7 Å². The van der Waals surface area contributed by atoms with E-state index >= 15 is 0 Å². The number of aromatic hydroxyl groups is 1. The van der Waals surface area contributed by atoms with Crippen LogP contribution in [0.2, 0.25) is 0 Å². The fourth-order valence-corrected chi connectivity index (χ4v) is 3.88. The van der Waals surface area contributed by atoms with E-state index in [1.165, 1.54) is 0 Å². The van der Waals surface area contributed by atoms with Gasteiger partial charge in [0.2, 0.25) is 0 Å². The van der Waals surface area contributed by atoms with Crippen LogP contribution in [0.3, 0.4) is 0 Å². The lowest BCUT2D eigenvalue weighted by molar-refractivity contribution is 0.475. The zero-order chi connectivity index (χ0) is 20.5. The van der Waals surface area contributed by atoms with E-state index < -0.39 is 0 Å². The van der Waals surface area contributed by atoms with Crippen LogP contribution in [0.1, 0.15) is 26.3 Å². The first-order valence-electron chi connectivity index (χ1n) is 10.0. The Labute approximate surface area is 170 Å². The number of nitrogens with zero attached hydrogens (tertiary/aromatic N) is 3. The van der Waals surface area contributed by atoms with Gasteiger partial charge in [-0.15, -0.1) is 0 Å². The number of benzene rings is 2. The van der Waals surface area contributed by atoms with Gasteiger partial charge in [0.25, 0.3) is 0 Å². The highest BCUT2D eigenvalue weighted by atomic mass is 16.3. The number of pyridine rings is 1. The first-order valence-corrected chi connectivity index (χ1v) is 10.0. The van der Waals surface area contributed by atoms with Crippen molar-refractivity contribution in [1.82, 2.24) is 14.8 Å². The third kappa shape index (κ3) is 3.56. The molecule has 148 valence electrons. The molecular weight excluding hydrogens is 360 g/mol. The number of hydrogen-bond acceptors (Lipinski definition) is 4. The number of nitrogens with two attached hydrogens (primary N) is 1. The SMILES string of the molecule is CCc1c(-c2ccc(O)cc2)cnc(N)c1-c1ccc2c(cnn2CC(C)C)c1. The largest absolute Gasteiger partial charge is 0.508 e. The molecular formula is C24H26N4O. The summed E-state index contributed by atoms with van der Waals surface area (Å²) in [5, 5.41) is 15.3. The van der Waals surface area contributed by atoms with Gasteiger partial charge in [0.15, 0.2) is 0 Å². The molecule has 0 saturated carbocycles. The molecule has 0 saturated heterocycles. The van der Waals surface area contributed by atoms with Crippen LogP contribution >= 0.6 is 0 Å². The standard InChI is InChI=1S/C24H26N4O/c1-4-20-21(16-5-8-19(29)9-6-16)13-26-24(25)23(20)17-7-10-22-18(11-17)12-27-28(22)14-15(2)3/h5-13,15,29H,4,14H2,1-3H3,(H2,25,26). The zero-order valence-corrected chi connectivity index (χ0v) is 17.1. The Kier molecular flexibility index (Phi) is 4.97. The zero-order valence-electron chi connectivity index (χ0n) is 17.1. The fourth-order valence-electron chi connectivity index (χ4n) is 3.88. The molecule has 2 aromatic carbocycles. The van der Waals surface area contributed by atoms with Crippen molar-refractivity contribution in [2.45, 2.75) is 33.7 Å². The average molecular weight is 386 g/mol. The Balaban J connectivity index is 1.86. The van der Waals surface area contributed by atoms with Gasteiger partial charge in [0.1, 0.15) is 11.6 Å². The van der Waals surface area contributed by atoms with Gasteiger partial charge in [-0.05, 0) is 53.3 Å². The number of aromatic nitrogens is 3. The van der Waals surface area contributed by atoms with E-state index in [-0.39, 0.29) is 5.75 Å². The Morgan fingerprint density at radius 2 is 1.76 bits per heavy atom. The second kappa shape index (κ2) is 7.59. The molecule has 0 radical (unpaired) electrons. The number of hydrogen-bond donors (Lipinski definition) is 2. The summed E-state index contributed by atoms with van der Waals surface area (Å²) in [4.78, 5) is 4.48. The summed E-state index contributed by atoms with van der Waals surface area (Å²) in [5.74, 6) is 1.31. The van der Waals surface area contributed by atoms with E-state index in [1.54, 1.807) is 12.1 Å². The molecule has 5 heteroatoms. The van der Waals surface area contributed by atoms with E-state index in [0.717, 1.165) is 51.7 Å². The minimum atomic E-state index is 0.249. The van der Waals surface area contributed by atoms with Crippen LogP contribution in [0, 0.1) is 5.92 Å². The molecule has 0 unspecified atom stereocenters. The molecule has 29 heavy (non-hydrogen) atoms. The van der Waals surface area contributed by atoms with Gasteiger partial charge in [-0.1, -0.05) is 39.0 Å². The first-order chi connectivity index (χ1) is 14.0. The molecule has 0 amide bonds.